The van der Waals surface area contributed by atoms with E-state index in [0.717, 1.165) is 33.3 Å². The Bertz CT molecular complexity index is 739. The van der Waals surface area contributed by atoms with Crippen LogP contribution in [0.2, 0.25) is 0 Å². The summed E-state index contributed by atoms with van der Waals surface area (Å²) in [5.74, 6) is 0. The van der Waals surface area contributed by atoms with Crippen LogP contribution < -0.4 is 5.32 Å². The summed E-state index contributed by atoms with van der Waals surface area (Å²) in [5.41, 5.74) is 4.25. The lowest BCUT2D eigenvalue weighted by Crippen LogP contribution is -2.11. The molecule has 0 aliphatic heterocycles. The van der Waals surface area contributed by atoms with Gasteiger partial charge in [0.2, 0.25) is 0 Å². The summed E-state index contributed by atoms with van der Waals surface area (Å²) in [7, 11) is 1.93. The van der Waals surface area contributed by atoms with Gasteiger partial charge in [-0.1, -0.05) is 18.3 Å². The Morgan fingerprint density at radius 3 is 2.86 bits per heavy atom. The average molecular weight is 301 g/mol. The van der Waals surface area contributed by atoms with Crippen LogP contribution in [0, 0.1) is 13.8 Å². The van der Waals surface area contributed by atoms with E-state index >= 15 is 0 Å². The van der Waals surface area contributed by atoms with Crippen molar-refractivity contribution in [2.24, 2.45) is 7.05 Å². The molecule has 6 heteroatoms. The lowest BCUT2D eigenvalue weighted by molar-refractivity contribution is 0.720. The van der Waals surface area contributed by atoms with Crippen LogP contribution in [0.5, 0.6) is 0 Å². The highest BCUT2D eigenvalue weighted by molar-refractivity contribution is 7.22. The van der Waals surface area contributed by atoms with Gasteiger partial charge in [-0.3, -0.25) is 4.98 Å². The van der Waals surface area contributed by atoms with Gasteiger partial charge in [-0.2, -0.15) is 5.10 Å². The highest BCUT2D eigenvalue weighted by Gasteiger charge is 2.16. The van der Waals surface area contributed by atoms with Gasteiger partial charge in [0.05, 0.1) is 22.1 Å². The van der Waals surface area contributed by atoms with Gasteiger partial charge in [-0.25, -0.2) is 9.67 Å². The van der Waals surface area contributed by atoms with Gasteiger partial charge in [0, 0.05) is 13.2 Å². The summed E-state index contributed by atoms with van der Waals surface area (Å²) in [6.07, 6.45) is 2.82. The van der Waals surface area contributed by atoms with Gasteiger partial charge in [-0.05, 0) is 38.0 Å². The van der Waals surface area contributed by atoms with Crippen LogP contribution in [0.25, 0.3) is 10.3 Å². The summed E-state index contributed by atoms with van der Waals surface area (Å²) in [4.78, 5) is 9.13. The van der Waals surface area contributed by atoms with Crippen molar-refractivity contribution in [3.63, 3.8) is 0 Å². The van der Waals surface area contributed by atoms with Gasteiger partial charge in [0.15, 0.2) is 10.8 Å². The van der Waals surface area contributed by atoms with E-state index < -0.39 is 0 Å². The van der Waals surface area contributed by atoms with Crippen LogP contribution in [0.15, 0.2) is 18.3 Å². The molecule has 0 aliphatic rings. The zero-order valence-corrected chi connectivity index (χ0v) is 13.5. The van der Waals surface area contributed by atoms with Crippen LogP contribution in [0.3, 0.4) is 0 Å². The Balaban J connectivity index is 1.90. The quantitative estimate of drug-likeness (QED) is 0.800. The van der Waals surface area contributed by atoms with E-state index in [1.54, 1.807) is 11.3 Å². The third-order valence-corrected chi connectivity index (χ3v) is 4.63. The van der Waals surface area contributed by atoms with Crippen LogP contribution in [0.4, 0.5) is 5.13 Å². The molecule has 0 saturated heterocycles. The van der Waals surface area contributed by atoms with E-state index in [0.29, 0.717) is 0 Å². The summed E-state index contributed by atoms with van der Waals surface area (Å²) in [6.45, 7) is 6.26. The molecule has 0 aromatic carbocycles. The molecule has 3 aromatic heterocycles. The number of aryl methyl sites for hydroxylation is 3. The molecule has 0 spiro atoms. The van der Waals surface area contributed by atoms with Crippen molar-refractivity contribution in [2.75, 3.05) is 5.32 Å². The second kappa shape index (κ2) is 5.44. The molecule has 1 N–H and O–H groups in total. The fourth-order valence-corrected chi connectivity index (χ4v) is 3.42. The average Bonchev–Trinajstić information content (AvgIpc) is 2.98. The summed E-state index contributed by atoms with van der Waals surface area (Å²) >= 11 is 1.65. The van der Waals surface area contributed by atoms with Gasteiger partial charge in [-0.15, -0.1) is 0 Å². The van der Waals surface area contributed by atoms with Crippen LogP contribution >= 0.6 is 11.3 Å². The topological polar surface area (TPSA) is 55.6 Å². The molecule has 3 rings (SSSR count). The molecule has 3 aromatic rings. The number of anilines is 1. The van der Waals surface area contributed by atoms with Crippen molar-refractivity contribution in [1.29, 1.82) is 0 Å². The minimum absolute atomic E-state index is 0.179. The van der Waals surface area contributed by atoms with Crippen molar-refractivity contribution >= 4 is 26.8 Å². The third-order valence-electron chi connectivity index (χ3n) is 3.54. The number of nitrogens with one attached hydrogen (secondary N) is 1. The van der Waals surface area contributed by atoms with Crippen molar-refractivity contribution in [1.82, 2.24) is 19.7 Å². The maximum absolute atomic E-state index is 4.65. The Hall–Kier alpha value is -1.95. The summed E-state index contributed by atoms with van der Waals surface area (Å²) in [5, 5.41) is 8.82. The monoisotopic (exact) mass is 301 g/mol. The predicted octanol–water partition coefficient (Wildman–Crippen LogP) is 3.60. The van der Waals surface area contributed by atoms with Crippen LogP contribution in [0.1, 0.15) is 36.3 Å². The van der Waals surface area contributed by atoms with Gasteiger partial charge in [0.1, 0.15) is 0 Å². The second-order valence-corrected chi connectivity index (χ2v) is 6.24. The number of fused-ring (bicyclic) bond motifs is 1. The van der Waals surface area contributed by atoms with Crippen molar-refractivity contribution in [3.8, 4) is 0 Å². The Morgan fingerprint density at radius 1 is 1.38 bits per heavy atom. The molecule has 3 heterocycles. The first-order chi connectivity index (χ1) is 10.1. The molecule has 0 saturated carbocycles. The maximum Gasteiger partial charge on any atom is 0.185 e. The molecular weight excluding hydrogens is 282 g/mol. The number of nitrogens with zero attached hydrogens (tertiary/aromatic N) is 4. The first kappa shape index (κ1) is 14.0. The smallest absolute Gasteiger partial charge is 0.185 e. The lowest BCUT2D eigenvalue weighted by atomic mass is 10.1. The molecule has 110 valence electrons. The summed E-state index contributed by atoms with van der Waals surface area (Å²) < 4.78 is 2.98. The molecule has 21 heavy (non-hydrogen) atoms. The zero-order chi connectivity index (χ0) is 15.0. The van der Waals surface area contributed by atoms with E-state index in [-0.39, 0.29) is 6.04 Å². The predicted molar refractivity (Wildman–Crippen MR) is 86.8 cm³/mol. The number of aromatic nitrogens is 4. The van der Waals surface area contributed by atoms with E-state index in [1.807, 2.05) is 30.9 Å². The minimum Gasteiger partial charge on any atom is -0.353 e. The van der Waals surface area contributed by atoms with Crippen molar-refractivity contribution < 1.29 is 0 Å². The van der Waals surface area contributed by atoms with Crippen LogP contribution in [-0.4, -0.2) is 19.7 Å². The molecule has 0 aliphatic carbocycles. The standard InChI is InChI=1S/C15H19N5S/c1-5-11(12-8-9(2)6-7-16-12)17-15-18-14-13(21-15)10(3)19-20(14)4/h6-8,11H,5H2,1-4H3,(H,17,18). The Labute approximate surface area is 128 Å². The molecule has 0 amide bonds. The SMILES string of the molecule is CCC(Nc1nc2c(s1)c(C)nn2C)c1cc(C)ccn1. The number of hydrogen-bond acceptors (Lipinski definition) is 5. The molecule has 0 bridgehead atoms. The largest absolute Gasteiger partial charge is 0.353 e. The third kappa shape index (κ3) is 2.63. The van der Waals surface area contributed by atoms with Gasteiger partial charge < -0.3 is 5.32 Å². The molecule has 1 atom stereocenters. The first-order valence-corrected chi connectivity index (χ1v) is 7.89. The first-order valence-electron chi connectivity index (χ1n) is 7.07. The fraction of sp³-hybridized carbons (Fsp3) is 0.400. The second-order valence-electron chi connectivity index (χ2n) is 5.24. The van der Waals surface area contributed by atoms with Gasteiger partial charge >= 0.3 is 0 Å². The summed E-state index contributed by atoms with van der Waals surface area (Å²) in [6, 6.07) is 4.32. The van der Waals surface area contributed by atoms with E-state index in [9.17, 15) is 0 Å². The van der Waals surface area contributed by atoms with E-state index in [1.165, 1.54) is 5.56 Å². The molecule has 5 nitrogen and oxygen atoms in total. The van der Waals surface area contributed by atoms with Crippen LogP contribution in [-0.2, 0) is 7.05 Å². The fourth-order valence-electron chi connectivity index (χ4n) is 2.43. The van der Waals surface area contributed by atoms with E-state index in [4.69, 9.17) is 0 Å². The number of rotatable bonds is 4. The normalized spacial score (nSPS) is 12.8. The minimum atomic E-state index is 0.179. The van der Waals surface area contributed by atoms with Gasteiger partial charge in [0.25, 0.3) is 0 Å². The van der Waals surface area contributed by atoms with E-state index in [2.05, 4.69) is 40.3 Å². The number of thiazole rings is 1. The van der Waals surface area contributed by atoms with Crippen molar-refractivity contribution in [3.05, 3.63) is 35.3 Å². The number of pyridine rings is 1. The lowest BCUT2D eigenvalue weighted by Gasteiger charge is -2.15. The zero-order valence-electron chi connectivity index (χ0n) is 12.7. The molecule has 0 fully saturated rings. The highest BCUT2D eigenvalue weighted by atomic mass is 32.1. The highest BCUT2D eigenvalue weighted by Crippen LogP contribution is 2.31. The Kier molecular flexibility index (Phi) is 3.63. The van der Waals surface area contributed by atoms with Crippen molar-refractivity contribution in [2.45, 2.75) is 33.2 Å². The maximum atomic E-state index is 4.65. The Morgan fingerprint density at radius 2 is 2.19 bits per heavy atom. The molecule has 0 radical (unpaired) electrons. The molecule has 1 unspecified atom stereocenters. The molecular formula is C15H19N5S. The number of hydrogen-bond donors (Lipinski definition) is 1.